The van der Waals surface area contributed by atoms with E-state index in [0.717, 1.165) is 11.1 Å². The topological polar surface area (TPSA) is 84.4 Å². The minimum Gasteiger partial charge on any atom is -0.441 e. The van der Waals surface area contributed by atoms with Gasteiger partial charge in [-0.05, 0) is 17.7 Å². The molecule has 1 amide bonds. The van der Waals surface area contributed by atoms with Gasteiger partial charge in [0.15, 0.2) is 11.5 Å². The van der Waals surface area contributed by atoms with Crippen LogP contribution in [0, 0.1) is 6.92 Å². The van der Waals surface area contributed by atoms with E-state index in [1.54, 1.807) is 26.0 Å². The van der Waals surface area contributed by atoms with Crippen molar-refractivity contribution in [1.82, 2.24) is 15.4 Å². The van der Waals surface area contributed by atoms with Gasteiger partial charge in [0.25, 0.3) is 0 Å². The smallest absolute Gasteiger partial charge is 0.236 e. The number of aryl methyl sites for hydroxylation is 1. The molecule has 1 unspecified atom stereocenters. The fourth-order valence-electron chi connectivity index (χ4n) is 1.90. The van der Waals surface area contributed by atoms with Crippen LogP contribution in [0.1, 0.15) is 23.9 Å². The second-order valence-electron chi connectivity index (χ2n) is 4.70. The van der Waals surface area contributed by atoms with Crippen molar-refractivity contribution < 1.29 is 9.21 Å². The maximum Gasteiger partial charge on any atom is 0.236 e. The van der Waals surface area contributed by atoms with Crippen LogP contribution in [0.15, 0.2) is 22.6 Å². The number of nitrogens with zero attached hydrogens (tertiary/aromatic N) is 2. The van der Waals surface area contributed by atoms with E-state index in [0.29, 0.717) is 11.5 Å². The highest BCUT2D eigenvalue weighted by molar-refractivity contribution is 5.77. The van der Waals surface area contributed by atoms with Crippen molar-refractivity contribution in [3.63, 3.8) is 0 Å². The summed E-state index contributed by atoms with van der Waals surface area (Å²) in [5, 5.41) is 1.60. The summed E-state index contributed by atoms with van der Waals surface area (Å²) in [7, 11) is 3.51. The van der Waals surface area contributed by atoms with Crippen LogP contribution in [0.2, 0.25) is 0 Å². The Morgan fingerprint density at radius 3 is 2.95 bits per heavy atom. The molecule has 0 bridgehead atoms. The van der Waals surface area contributed by atoms with E-state index in [4.69, 9.17) is 10.2 Å². The molecule has 102 valence electrons. The van der Waals surface area contributed by atoms with Crippen LogP contribution in [0.3, 0.4) is 0 Å². The normalized spacial score (nSPS) is 12.9. The zero-order chi connectivity index (χ0) is 14.0. The molecule has 1 aromatic heterocycles. The Morgan fingerprint density at radius 1 is 1.53 bits per heavy atom. The first-order valence-electron chi connectivity index (χ1n) is 6.05. The number of benzene rings is 1. The molecule has 0 radical (unpaired) electrons. The third-order valence-corrected chi connectivity index (χ3v) is 2.70. The number of oxazole rings is 1. The van der Waals surface area contributed by atoms with E-state index in [1.807, 2.05) is 18.2 Å². The quantitative estimate of drug-likeness (QED) is 0.807. The molecule has 6 nitrogen and oxygen atoms in total. The van der Waals surface area contributed by atoms with E-state index in [2.05, 4.69) is 10.4 Å². The summed E-state index contributed by atoms with van der Waals surface area (Å²) >= 11 is 0. The highest BCUT2D eigenvalue weighted by Gasteiger charge is 2.13. The van der Waals surface area contributed by atoms with Gasteiger partial charge in [-0.25, -0.2) is 9.99 Å². The van der Waals surface area contributed by atoms with E-state index in [-0.39, 0.29) is 18.4 Å². The molecule has 3 N–H and O–H groups in total. The lowest BCUT2D eigenvalue weighted by Crippen LogP contribution is -2.37. The van der Waals surface area contributed by atoms with Crippen LogP contribution >= 0.6 is 0 Å². The van der Waals surface area contributed by atoms with Crippen molar-refractivity contribution in [2.24, 2.45) is 5.73 Å². The maximum atomic E-state index is 11.6. The summed E-state index contributed by atoms with van der Waals surface area (Å²) in [5.41, 5.74) is 11.0. The van der Waals surface area contributed by atoms with Crippen molar-refractivity contribution in [2.75, 3.05) is 14.1 Å². The number of fused-ring (bicyclic) bond motifs is 1. The number of hydrogen-bond acceptors (Lipinski definition) is 5. The first kappa shape index (κ1) is 13.5. The van der Waals surface area contributed by atoms with Crippen LogP contribution < -0.4 is 11.2 Å². The number of rotatable bonds is 4. The molecule has 0 aliphatic rings. The Balaban J connectivity index is 2.12. The van der Waals surface area contributed by atoms with E-state index >= 15 is 0 Å². The predicted octanol–water partition coefficient (Wildman–Crippen LogP) is 1.12. The van der Waals surface area contributed by atoms with Crippen LogP contribution in [-0.2, 0) is 4.79 Å². The lowest BCUT2D eigenvalue weighted by Gasteiger charge is -2.15. The molecular weight excluding hydrogens is 244 g/mol. The fraction of sp³-hybridized carbons (Fsp3) is 0.385. The second-order valence-corrected chi connectivity index (χ2v) is 4.70. The van der Waals surface area contributed by atoms with Gasteiger partial charge in [0.05, 0.1) is 0 Å². The Bertz CT molecular complexity index is 591. The van der Waals surface area contributed by atoms with Crippen molar-refractivity contribution in [1.29, 1.82) is 0 Å². The molecule has 2 aromatic rings. The van der Waals surface area contributed by atoms with Crippen molar-refractivity contribution in [3.8, 4) is 0 Å². The molecule has 0 saturated heterocycles. The molecule has 6 heteroatoms. The van der Waals surface area contributed by atoms with E-state index in [9.17, 15) is 4.79 Å². The third-order valence-electron chi connectivity index (χ3n) is 2.70. The fourth-order valence-corrected chi connectivity index (χ4v) is 1.90. The summed E-state index contributed by atoms with van der Waals surface area (Å²) in [6.07, 6.45) is 0.219. The van der Waals surface area contributed by atoms with Crippen LogP contribution in [0.4, 0.5) is 0 Å². The number of nitrogens with one attached hydrogen (secondary N) is 1. The number of nitrogens with two attached hydrogens (primary N) is 1. The monoisotopic (exact) mass is 262 g/mol. The molecule has 1 aromatic carbocycles. The molecule has 0 spiro atoms. The maximum absolute atomic E-state index is 11.6. The van der Waals surface area contributed by atoms with Crippen LogP contribution in [-0.4, -0.2) is 30.0 Å². The van der Waals surface area contributed by atoms with Crippen molar-refractivity contribution in [3.05, 3.63) is 29.7 Å². The highest BCUT2D eigenvalue weighted by atomic mass is 16.3. The molecule has 19 heavy (non-hydrogen) atoms. The molecule has 0 saturated carbocycles. The van der Waals surface area contributed by atoms with Gasteiger partial charge in [0.1, 0.15) is 5.52 Å². The molecular formula is C13H18N4O2. The second kappa shape index (κ2) is 5.38. The largest absolute Gasteiger partial charge is 0.441 e. The van der Waals surface area contributed by atoms with Gasteiger partial charge in [-0.1, -0.05) is 6.07 Å². The van der Waals surface area contributed by atoms with Crippen LogP contribution in [0.5, 0.6) is 0 Å². The lowest BCUT2D eigenvalue weighted by molar-refractivity contribution is -0.125. The number of carbonyl (C=O) groups is 1. The number of hydrazine groups is 1. The third kappa shape index (κ3) is 3.30. The molecule has 0 aliphatic carbocycles. The summed E-state index contributed by atoms with van der Waals surface area (Å²) in [6, 6.07) is 5.20. The highest BCUT2D eigenvalue weighted by Crippen LogP contribution is 2.21. The molecule has 1 heterocycles. The average Bonchev–Trinajstić information content (AvgIpc) is 2.66. The minimum atomic E-state index is -0.366. The lowest BCUT2D eigenvalue weighted by atomic mass is 10.0. The minimum absolute atomic E-state index is 0.119. The van der Waals surface area contributed by atoms with Crippen molar-refractivity contribution in [2.45, 2.75) is 19.4 Å². The number of carbonyl (C=O) groups excluding carboxylic acids is 1. The summed E-state index contributed by atoms with van der Waals surface area (Å²) in [6.45, 7) is 1.80. The summed E-state index contributed by atoms with van der Waals surface area (Å²) in [5.74, 6) is 0.498. The van der Waals surface area contributed by atoms with Gasteiger partial charge < -0.3 is 10.2 Å². The van der Waals surface area contributed by atoms with Gasteiger partial charge in [-0.3, -0.25) is 10.2 Å². The number of hydrogen-bond donors (Lipinski definition) is 2. The Labute approximate surface area is 111 Å². The first-order valence-corrected chi connectivity index (χ1v) is 6.05. The molecule has 2 rings (SSSR count). The van der Waals surface area contributed by atoms with Crippen molar-refractivity contribution >= 4 is 17.0 Å². The van der Waals surface area contributed by atoms with Gasteiger partial charge in [0.2, 0.25) is 5.91 Å². The predicted molar refractivity (Wildman–Crippen MR) is 72.1 cm³/mol. The van der Waals surface area contributed by atoms with Crippen LogP contribution in [0.25, 0.3) is 11.1 Å². The Morgan fingerprint density at radius 2 is 2.26 bits per heavy atom. The molecule has 0 aliphatic heterocycles. The number of amides is 1. The Hall–Kier alpha value is -1.92. The SMILES string of the molecule is Cc1nc2ccc(C(N)CC(=O)NN(C)C)cc2o1. The molecule has 0 fully saturated rings. The zero-order valence-electron chi connectivity index (χ0n) is 11.3. The summed E-state index contributed by atoms with van der Waals surface area (Å²) < 4.78 is 5.45. The van der Waals surface area contributed by atoms with E-state index < -0.39 is 0 Å². The number of aromatic nitrogens is 1. The average molecular weight is 262 g/mol. The Kier molecular flexibility index (Phi) is 3.82. The van der Waals surface area contributed by atoms with Gasteiger partial charge in [-0.15, -0.1) is 0 Å². The first-order chi connectivity index (χ1) is 8.95. The van der Waals surface area contributed by atoms with Gasteiger partial charge in [-0.2, -0.15) is 0 Å². The van der Waals surface area contributed by atoms with E-state index in [1.165, 1.54) is 0 Å². The molecule has 1 atom stereocenters. The zero-order valence-corrected chi connectivity index (χ0v) is 11.3. The van der Waals surface area contributed by atoms with Gasteiger partial charge >= 0.3 is 0 Å². The van der Waals surface area contributed by atoms with Gasteiger partial charge in [0, 0.05) is 33.5 Å². The standard InChI is InChI=1S/C13H18N4O2/c1-8-15-11-5-4-9(6-12(11)19-8)10(14)7-13(18)16-17(2)3/h4-6,10H,7,14H2,1-3H3,(H,16,18). The summed E-state index contributed by atoms with van der Waals surface area (Å²) in [4.78, 5) is 15.9.